The van der Waals surface area contributed by atoms with Crippen LogP contribution in [0.2, 0.25) is 0 Å². The van der Waals surface area contributed by atoms with Crippen LogP contribution in [0.4, 0.5) is 13.2 Å². The summed E-state index contributed by atoms with van der Waals surface area (Å²) in [7, 11) is 1.92. The number of aromatic nitrogens is 5. The maximum atomic E-state index is 12.8. The normalized spacial score (nSPS) is 23.0. The number of nitrogens with zero attached hydrogens (tertiary/aromatic N) is 6. The zero-order valence-corrected chi connectivity index (χ0v) is 19.3. The second kappa shape index (κ2) is 8.43. The van der Waals surface area contributed by atoms with Crippen LogP contribution in [0.1, 0.15) is 42.1 Å². The molecule has 0 N–H and O–H groups in total. The van der Waals surface area contributed by atoms with Crippen molar-refractivity contribution in [1.29, 1.82) is 0 Å². The Bertz CT molecular complexity index is 1130. The molecule has 2 fully saturated rings. The van der Waals surface area contributed by atoms with Gasteiger partial charge in [0.1, 0.15) is 5.69 Å². The van der Waals surface area contributed by atoms with Gasteiger partial charge in [0.25, 0.3) is 0 Å². The molecule has 0 amide bonds. The molecule has 3 aromatic rings. The summed E-state index contributed by atoms with van der Waals surface area (Å²) in [5.74, 6) is 2.56. The van der Waals surface area contributed by atoms with Crippen LogP contribution in [0.5, 0.6) is 0 Å². The molecule has 0 radical (unpaired) electrons. The quantitative estimate of drug-likeness (QED) is 0.364. The van der Waals surface area contributed by atoms with Crippen molar-refractivity contribution in [3.05, 3.63) is 41.7 Å². The van der Waals surface area contributed by atoms with Crippen LogP contribution in [0.25, 0.3) is 11.6 Å². The van der Waals surface area contributed by atoms with Crippen molar-refractivity contribution in [1.82, 2.24) is 29.6 Å². The minimum Gasteiger partial charge on any atom is -0.440 e. The highest BCUT2D eigenvalue weighted by molar-refractivity contribution is 7.99. The van der Waals surface area contributed by atoms with E-state index < -0.39 is 11.9 Å². The summed E-state index contributed by atoms with van der Waals surface area (Å²) >= 11 is 1.67. The molecule has 4 heterocycles. The molecule has 0 bridgehead atoms. The first-order valence-electron chi connectivity index (χ1n) is 10.9. The largest absolute Gasteiger partial charge is 0.440 e. The topological polar surface area (TPSA) is 72.9 Å². The lowest BCUT2D eigenvalue weighted by Gasteiger charge is -2.16. The predicted molar refractivity (Wildman–Crippen MR) is 117 cm³/mol. The fourth-order valence-corrected chi connectivity index (χ4v) is 5.67. The number of oxazole rings is 1. The highest BCUT2D eigenvalue weighted by atomic mass is 32.2. The van der Waals surface area contributed by atoms with Crippen molar-refractivity contribution in [3.63, 3.8) is 0 Å². The van der Waals surface area contributed by atoms with Gasteiger partial charge >= 0.3 is 6.18 Å². The average Bonchev–Trinajstić information content (AvgIpc) is 3.05. The number of hydrogen-bond donors (Lipinski definition) is 0. The van der Waals surface area contributed by atoms with E-state index in [1.54, 1.807) is 17.8 Å². The first-order chi connectivity index (χ1) is 15.8. The fraction of sp³-hybridized carbons (Fsp3) is 0.545. The average molecular weight is 479 g/mol. The van der Waals surface area contributed by atoms with E-state index in [4.69, 9.17) is 4.42 Å². The molecule has 176 valence electrons. The van der Waals surface area contributed by atoms with Crippen LogP contribution in [-0.4, -0.2) is 55.0 Å². The van der Waals surface area contributed by atoms with E-state index >= 15 is 0 Å². The molecule has 2 aliphatic rings. The monoisotopic (exact) mass is 478 g/mol. The standard InChI is InChI=1S/C22H25F3N6OS/c1-14-18(32-13-27-14)19-28-29-20(30(19)2)33-9-3-7-31-8-6-21(12-31)10-16(21)15-4-5-17(26-11-15)22(23,24)25/h4-5,11,13,16H,3,6-10,12H2,1-2H3. The molecule has 3 aromatic heterocycles. The van der Waals surface area contributed by atoms with Crippen molar-refractivity contribution < 1.29 is 17.6 Å². The van der Waals surface area contributed by atoms with E-state index in [-0.39, 0.29) is 5.41 Å². The smallest absolute Gasteiger partial charge is 0.433 e. The highest BCUT2D eigenvalue weighted by Crippen LogP contribution is 2.64. The number of halogens is 3. The molecule has 1 saturated carbocycles. The fourth-order valence-electron chi connectivity index (χ4n) is 4.83. The second-order valence-corrected chi connectivity index (χ2v) is 10.0. The third kappa shape index (κ3) is 4.40. The minimum atomic E-state index is -4.39. The summed E-state index contributed by atoms with van der Waals surface area (Å²) in [4.78, 5) is 10.2. The van der Waals surface area contributed by atoms with Gasteiger partial charge in [0.2, 0.25) is 5.82 Å². The zero-order chi connectivity index (χ0) is 23.2. The SMILES string of the molecule is Cc1ncoc1-c1nnc(SCCCN2CCC3(CC3c3ccc(C(F)(F)F)nc3)C2)n1C. The second-order valence-electron chi connectivity index (χ2n) is 8.95. The Morgan fingerprint density at radius 3 is 2.79 bits per heavy atom. The van der Waals surface area contributed by atoms with Gasteiger partial charge in [0, 0.05) is 25.5 Å². The molecule has 7 nitrogen and oxygen atoms in total. The first-order valence-corrected chi connectivity index (χ1v) is 11.9. The van der Waals surface area contributed by atoms with Crippen LogP contribution < -0.4 is 0 Å². The molecule has 5 rings (SSSR count). The number of likely N-dealkylation sites (tertiary alicyclic amines) is 1. The van der Waals surface area contributed by atoms with Gasteiger partial charge in [-0.3, -0.25) is 4.98 Å². The summed E-state index contributed by atoms with van der Waals surface area (Å²) in [6.07, 6.45) is 1.59. The molecular formula is C22H25F3N6OS. The van der Waals surface area contributed by atoms with Gasteiger partial charge in [-0.2, -0.15) is 13.2 Å². The number of hydrogen-bond acceptors (Lipinski definition) is 7. The predicted octanol–water partition coefficient (Wildman–Crippen LogP) is 4.55. The number of thioether (sulfide) groups is 1. The summed E-state index contributed by atoms with van der Waals surface area (Å²) in [6.45, 7) is 4.91. The van der Waals surface area contributed by atoms with Crippen molar-refractivity contribution in [2.45, 2.75) is 43.4 Å². The molecule has 2 unspecified atom stereocenters. The summed E-state index contributed by atoms with van der Waals surface area (Å²) in [6, 6.07) is 2.71. The van der Waals surface area contributed by atoms with Crippen molar-refractivity contribution in [2.24, 2.45) is 12.5 Å². The zero-order valence-electron chi connectivity index (χ0n) is 18.5. The molecule has 33 heavy (non-hydrogen) atoms. The molecular weight excluding hydrogens is 453 g/mol. The lowest BCUT2D eigenvalue weighted by atomic mass is 9.99. The van der Waals surface area contributed by atoms with Gasteiger partial charge < -0.3 is 13.9 Å². The van der Waals surface area contributed by atoms with Gasteiger partial charge in [0.05, 0.1) is 5.69 Å². The van der Waals surface area contributed by atoms with Crippen molar-refractivity contribution in [3.8, 4) is 11.6 Å². The van der Waals surface area contributed by atoms with Gasteiger partial charge in [-0.1, -0.05) is 17.8 Å². The Balaban J connectivity index is 1.09. The van der Waals surface area contributed by atoms with E-state index in [1.807, 2.05) is 18.5 Å². The van der Waals surface area contributed by atoms with Crippen molar-refractivity contribution in [2.75, 3.05) is 25.4 Å². The Morgan fingerprint density at radius 1 is 1.24 bits per heavy atom. The van der Waals surface area contributed by atoms with Crippen LogP contribution in [-0.2, 0) is 13.2 Å². The minimum absolute atomic E-state index is 0.210. The van der Waals surface area contributed by atoms with E-state index in [0.29, 0.717) is 17.5 Å². The molecule has 1 aliphatic carbocycles. The Hall–Kier alpha value is -2.40. The molecule has 11 heteroatoms. The van der Waals surface area contributed by atoms with Crippen LogP contribution in [0.3, 0.4) is 0 Å². The Labute approximate surface area is 193 Å². The third-order valence-corrected chi connectivity index (χ3v) is 7.87. The van der Waals surface area contributed by atoms with Crippen LogP contribution in [0.15, 0.2) is 34.3 Å². The third-order valence-electron chi connectivity index (χ3n) is 6.77. The Kier molecular flexibility index (Phi) is 5.72. The lowest BCUT2D eigenvalue weighted by molar-refractivity contribution is -0.141. The van der Waals surface area contributed by atoms with E-state index in [2.05, 4.69) is 25.1 Å². The maximum absolute atomic E-state index is 12.8. The molecule has 1 aliphatic heterocycles. The van der Waals surface area contributed by atoms with E-state index in [9.17, 15) is 13.2 Å². The van der Waals surface area contributed by atoms with E-state index in [0.717, 1.165) is 67.1 Å². The number of pyridine rings is 1. The molecule has 1 saturated heterocycles. The van der Waals surface area contributed by atoms with Crippen LogP contribution >= 0.6 is 11.8 Å². The summed E-state index contributed by atoms with van der Waals surface area (Å²) in [5.41, 5.74) is 1.11. The van der Waals surface area contributed by atoms with E-state index in [1.165, 1.54) is 12.6 Å². The highest BCUT2D eigenvalue weighted by Gasteiger charge is 2.57. The number of aryl methyl sites for hydroxylation is 1. The molecule has 1 spiro atoms. The number of rotatable bonds is 7. The van der Waals surface area contributed by atoms with Gasteiger partial charge in [0.15, 0.2) is 17.3 Å². The maximum Gasteiger partial charge on any atom is 0.433 e. The van der Waals surface area contributed by atoms with Crippen LogP contribution in [0, 0.1) is 12.3 Å². The first kappa shape index (κ1) is 22.4. The van der Waals surface area contributed by atoms with Crippen molar-refractivity contribution >= 4 is 11.8 Å². The molecule has 0 aromatic carbocycles. The van der Waals surface area contributed by atoms with Gasteiger partial charge in [-0.15, -0.1) is 10.2 Å². The summed E-state index contributed by atoms with van der Waals surface area (Å²) < 4.78 is 45.6. The Morgan fingerprint density at radius 2 is 2.09 bits per heavy atom. The number of alkyl halides is 3. The molecule has 2 atom stereocenters. The summed E-state index contributed by atoms with van der Waals surface area (Å²) in [5, 5.41) is 9.36. The van der Waals surface area contributed by atoms with Gasteiger partial charge in [-0.25, -0.2) is 4.98 Å². The van der Waals surface area contributed by atoms with Gasteiger partial charge in [-0.05, 0) is 62.2 Å². The lowest BCUT2D eigenvalue weighted by Crippen LogP contribution is -2.23.